The number of hydrogen-bond donors (Lipinski definition) is 1. The molecule has 4 rings (SSSR count). The summed E-state index contributed by atoms with van der Waals surface area (Å²) in [4.78, 5) is 37.1. The van der Waals surface area contributed by atoms with Crippen LogP contribution >= 0.6 is 22.7 Å². The molecule has 0 saturated heterocycles. The SMILES string of the molecule is CCOc1ccc(C2C(C(=O)c3sc(C)nc3C)=C(O)C(=O)N2c2nccs2)cc1OCC. The summed E-state index contributed by atoms with van der Waals surface area (Å²) in [6, 6.07) is 4.37. The summed E-state index contributed by atoms with van der Waals surface area (Å²) in [5.41, 5.74) is 1.15. The Morgan fingerprint density at radius 3 is 2.52 bits per heavy atom. The lowest BCUT2D eigenvalue weighted by atomic mass is 9.95. The van der Waals surface area contributed by atoms with E-state index in [2.05, 4.69) is 9.97 Å². The molecule has 0 bridgehead atoms. The lowest BCUT2D eigenvalue weighted by Gasteiger charge is -2.25. The van der Waals surface area contributed by atoms with Gasteiger partial charge in [-0.15, -0.1) is 22.7 Å². The van der Waals surface area contributed by atoms with E-state index >= 15 is 0 Å². The Morgan fingerprint density at radius 1 is 1.18 bits per heavy atom. The fourth-order valence-corrected chi connectivity index (χ4v) is 5.33. The predicted molar refractivity (Wildman–Crippen MR) is 127 cm³/mol. The van der Waals surface area contributed by atoms with Gasteiger partial charge in [-0.25, -0.2) is 9.97 Å². The van der Waals surface area contributed by atoms with Crippen molar-refractivity contribution in [2.45, 2.75) is 33.7 Å². The summed E-state index contributed by atoms with van der Waals surface area (Å²) in [5, 5.41) is 13.7. The van der Waals surface area contributed by atoms with Gasteiger partial charge in [-0.05, 0) is 45.4 Å². The molecular weight excluding hydrogens is 462 g/mol. The quantitative estimate of drug-likeness (QED) is 0.457. The van der Waals surface area contributed by atoms with E-state index in [-0.39, 0.29) is 5.57 Å². The van der Waals surface area contributed by atoms with Gasteiger partial charge in [0.1, 0.15) is 0 Å². The van der Waals surface area contributed by atoms with E-state index in [1.54, 1.807) is 36.7 Å². The number of amides is 1. The van der Waals surface area contributed by atoms with Gasteiger partial charge in [0.05, 0.1) is 40.4 Å². The summed E-state index contributed by atoms with van der Waals surface area (Å²) in [5.74, 6) is -0.643. The number of anilines is 1. The summed E-state index contributed by atoms with van der Waals surface area (Å²) >= 11 is 2.48. The van der Waals surface area contributed by atoms with Crippen LogP contribution in [0.3, 0.4) is 0 Å². The highest BCUT2D eigenvalue weighted by atomic mass is 32.1. The summed E-state index contributed by atoms with van der Waals surface area (Å²) in [7, 11) is 0. The van der Waals surface area contributed by atoms with Crippen LogP contribution in [0.2, 0.25) is 0 Å². The minimum absolute atomic E-state index is 0.00596. The Hall–Kier alpha value is -3.24. The number of benzene rings is 1. The Labute approximate surface area is 199 Å². The van der Waals surface area contributed by atoms with Crippen LogP contribution in [0.1, 0.15) is 45.8 Å². The van der Waals surface area contributed by atoms with E-state index in [9.17, 15) is 14.7 Å². The number of nitrogens with zero attached hydrogens (tertiary/aromatic N) is 3. The van der Waals surface area contributed by atoms with Crippen molar-refractivity contribution in [2.75, 3.05) is 18.1 Å². The van der Waals surface area contributed by atoms with Crippen LogP contribution in [-0.2, 0) is 4.79 Å². The number of carbonyl (C=O) groups is 2. The lowest BCUT2D eigenvalue weighted by Crippen LogP contribution is -2.31. The molecule has 0 fully saturated rings. The number of aromatic nitrogens is 2. The summed E-state index contributed by atoms with van der Waals surface area (Å²) < 4.78 is 11.4. The van der Waals surface area contributed by atoms with E-state index < -0.39 is 23.5 Å². The molecule has 1 amide bonds. The molecule has 1 aromatic carbocycles. The van der Waals surface area contributed by atoms with Gasteiger partial charge in [-0.2, -0.15) is 0 Å². The van der Waals surface area contributed by atoms with E-state index in [0.717, 1.165) is 5.01 Å². The highest BCUT2D eigenvalue weighted by Gasteiger charge is 2.46. The number of hydrogen-bond acceptors (Lipinski definition) is 9. The number of aliphatic hydroxyl groups excluding tert-OH is 1. The Morgan fingerprint density at radius 2 is 1.91 bits per heavy atom. The Kier molecular flexibility index (Phi) is 6.48. The third-order valence-electron chi connectivity index (χ3n) is 5.07. The van der Waals surface area contributed by atoms with E-state index in [1.165, 1.54) is 27.6 Å². The number of ether oxygens (including phenoxy) is 2. The van der Waals surface area contributed by atoms with E-state index in [4.69, 9.17) is 9.47 Å². The standard InChI is InChI=1S/C23H23N3O5S2/c1-5-30-15-8-7-14(11-16(15)31-6-2)18-17(19(27)21-12(3)25-13(4)33-21)20(28)22(29)26(18)23-24-9-10-32-23/h7-11,18,28H,5-6H2,1-4H3. The monoisotopic (exact) mass is 485 g/mol. The van der Waals surface area contributed by atoms with E-state index in [1.807, 2.05) is 20.8 Å². The third kappa shape index (κ3) is 4.11. The first-order valence-corrected chi connectivity index (χ1v) is 12.1. The maximum atomic E-state index is 13.6. The van der Waals surface area contributed by atoms with Gasteiger partial charge in [0.15, 0.2) is 22.4 Å². The number of aryl methyl sites for hydroxylation is 2. The fraction of sp³-hybridized carbons (Fsp3) is 0.304. The van der Waals surface area contributed by atoms with Crippen molar-refractivity contribution >= 4 is 39.5 Å². The zero-order valence-corrected chi connectivity index (χ0v) is 20.2. The van der Waals surface area contributed by atoms with Crippen molar-refractivity contribution in [3.63, 3.8) is 0 Å². The second-order valence-corrected chi connectivity index (χ2v) is 9.28. The zero-order chi connectivity index (χ0) is 23.7. The van der Waals surface area contributed by atoms with Gasteiger partial charge in [0, 0.05) is 11.6 Å². The molecule has 0 saturated carbocycles. The lowest BCUT2D eigenvalue weighted by molar-refractivity contribution is -0.117. The molecule has 2 aromatic heterocycles. The van der Waals surface area contributed by atoms with Crippen molar-refractivity contribution in [3.8, 4) is 11.5 Å². The van der Waals surface area contributed by atoms with Crippen molar-refractivity contribution in [3.05, 3.63) is 62.3 Å². The highest BCUT2D eigenvalue weighted by molar-refractivity contribution is 7.14. The summed E-state index contributed by atoms with van der Waals surface area (Å²) in [6.45, 7) is 8.15. The maximum absolute atomic E-state index is 13.6. The molecule has 1 N–H and O–H groups in total. The molecule has 1 atom stereocenters. The number of thiazole rings is 2. The number of aliphatic hydroxyl groups is 1. The van der Waals surface area contributed by atoms with Gasteiger partial charge >= 0.3 is 0 Å². The second kappa shape index (κ2) is 9.32. The molecule has 8 nitrogen and oxygen atoms in total. The van der Waals surface area contributed by atoms with Gasteiger partial charge in [0.2, 0.25) is 5.78 Å². The Balaban J connectivity index is 1.88. The molecule has 0 radical (unpaired) electrons. The number of ketones is 1. The molecule has 3 aromatic rings. The minimum Gasteiger partial charge on any atom is -0.503 e. The normalized spacial score (nSPS) is 15.9. The molecule has 1 aliphatic heterocycles. The molecular formula is C23H23N3O5S2. The first kappa shape index (κ1) is 22.9. The fourth-order valence-electron chi connectivity index (χ4n) is 3.79. The number of Topliss-reactive ketones (excluding diaryl/α,β-unsaturated/α-hetero) is 1. The highest BCUT2D eigenvalue weighted by Crippen LogP contribution is 2.45. The number of rotatable bonds is 8. The first-order valence-electron chi connectivity index (χ1n) is 10.4. The molecule has 0 aliphatic carbocycles. The molecule has 10 heteroatoms. The van der Waals surface area contributed by atoms with E-state index in [0.29, 0.717) is 46.0 Å². The smallest absolute Gasteiger partial charge is 0.296 e. The predicted octanol–water partition coefficient (Wildman–Crippen LogP) is 4.80. The average Bonchev–Trinajstić information content (AvgIpc) is 3.48. The maximum Gasteiger partial charge on any atom is 0.296 e. The topological polar surface area (TPSA) is 102 Å². The average molecular weight is 486 g/mol. The molecule has 3 heterocycles. The van der Waals surface area contributed by atoms with Gasteiger partial charge in [-0.3, -0.25) is 14.5 Å². The molecule has 1 aliphatic rings. The van der Waals surface area contributed by atoms with Crippen LogP contribution in [0.4, 0.5) is 5.13 Å². The van der Waals surface area contributed by atoms with Crippen molar-refractivity contribution in [1.29, 1.82) is 0 Å². The van der Waals surface area contributed by atoms with Crippen molar-refractivity contribution in [1.82, 2.24) is 9.97 Å². The first-order chi connectivity index (χ1) is 15.9. The van der Waals surface area contributed by atoms with Crippen LogP contribution in [0.15, 0.2) is 41.1 Å². The minimum atomic E-state index is -0.882. The molecule has 1 unspecified atom stereocenters. The van der Waals surface area contributed by atoms with Crippen LogP contribution < -0.4 is 14.4 Å². The molecule has 0 spiro atoms. The summed E-state index contributed by atoms with van der Waals surface area (Å²) in [6.07, 6.45) is 1.57. The molecule has 172 valence electrons. The Bertz CT molecular complexity index is 1230. The van der Waals surface area contributed by atoms with Gasteiger partial charge < -0.3 is 14.6 Å². The van der Waals surface area contributed by atoms with Crippen molar-refractivity contribution in [2.24, 2.45) is 0 Å². The largest absolute Gasteiger partial charge is 0.503 e. The number of carbonyl (C=O) groups excluding carboxylic acids is 2. The second-order valence-electron chi connectivity index (χ2n) is 7.20. The zero-order valence-electron chi connectivity index (χ0n) is 18.6. The van der Waals surface area contributed by atoms with Crippen LogP contribution in [0, 0.1) is 13.8 Å². The van der Waals surface area contributed by atoms with Crippen LogP contribution in [-0.4, -0.2) is 40.0 Å². The van der Waals surface area contributed by atoms with Crippen LogP contribution in [0.5, 0.6) is 11.5 Å². The van der Waals surface area contributed by atoms with Gasteiger partial charge in [-0.1, -0.05) is 6.07 Å². The molecule has 33 heavy (non-hydrogen) atoms. The van der Waals surface area contributed by atoms with Crippen LogP contribution in [0.25, 0.3) is 0 Å². The van der Waals surface area contributed by atoms with Gasteiger partial charge in [0.25, 0.3) is 5.91 Å². The van der Waals surface area contributed by atoms with Crippen molar-refractivity contribution < 1.29 is 24.2 Å². The third-order valence-corrected chi connectivity index (χ3v) is 6.91.